The molecule has 0 amide bonds. The summed E-state index contributed by atoms with van der Waals surface area (Å²) in [6.45, 7) is 0. The van der Waals surface area contributed by atoms with Crippen molar-refractivity contribution in [3.8, 4) is 5.75 Å². The predicted octanol–water partition coefficient (Wildman–Crippen LogP) is -2.55. The minimum absolute atomic E-state index is 0. The largest absolute Gasteiger partial charge is 1.00 e. The van der Waals surface area contributed by atoms with Crippen LogP contribution in [0.1, 0.15) is 11.7 Å². The molecular formula is C10H14ClNO2S. The summed E-state index contributed by atoms with van der Waals surface area (Å²) in [6, 6.07) is 5.87. The molecule has 1 aliphatic rings. The zero-order valence-corrected chi connectivity index (χ0v) is 10.0. The number of benzene rings is 1. The van der Waals surface area contributed by atoms with Gasteiger partial charge >= 0.3 is 0 Å². The van der Waals surface area contributed by atoms with Crippen LogP contribution in [0.2, 0.25) is 0 Å². The number of hydrogen-bond donors (Lipinski definition) is 2. The zero-order valence-electron chi connectivity index (χ0n) is 8.44. The fraction of sp³-hybridized carbons (Fsp3) is 0.400. The van der Waals surface area contributed by atoms with Gasteiger partial charge in [-0.2, -0.15) is 0 Å². The number of quaternary nitrogens is 1. The molecule has 0 aromatic heterocycles. The van der Waals surface area contributed by atoms with E-state index in [4.69, 9.17) is 4.74 Å². The predicted molar refractivity (Wildman–Crippen MR) is 55.4 cm³/mol. The highest BCUT2D eigenvalue weighted by molar-refractivity contribution is 7.99. The van der Waals surface area contributed by atoms with Crippen LogP contribution in [0.15, 0.2) is 23.1 Å². The van der Waals surface area contributed by atoms with Gasteiger partial charge in [0.05, 0.1) is 12.9 Å². The Morgan fingerprint density at radius 3 is 2.93 bits per heavy atom. The molecule has 0 saturated carbocycles. The normalized spacial score (nSPS) is 23.9. The Balaban J connectivity index is 0.00000112. The highest BCUT2D eigenvalue weighted by Gasteiger charge is 2.28. The minimum atomic E-state index is -0.457. The van der Waals surface area contributed by atoms with Gasteiger partial charge in [0.1, 0.15) is 17.9 Å². The summed E-state index contributed by atoms with van der Waals surface area (Å²) < 4.78 is 5.12. The molecule has 0 radical (unpaired) electrons. The maximum absolute atomic E-state index is 9.92. The van der Waals surface area contributed by atoms with Crippen LogP contribution in [0.5, 0.6) is 5.75 Å². The molecule has 0 aliphatic carbocycles. The van der Waals surface area contributed by atoms with E-state index >= 15 is 0 Å². The van der Waals surface area contributed by atoms with Gasteiger partial charge in [0, 0.05) is 10.5 Å². The SMILES string of the molecule is COc1ccc2c(c1)[C@H](O)[C@@H]([NH3+])CS2.[Cl-]. The number of fused-ring (bicyclic) bond motifs is 1. The first-order valence-electron chi connectivity index (χ1n) is 4.54. The van der Waals surface area contributed by atoms with Crippen molar-refractivity contribution in [1.29, 1.82) is 0 Å². The lowest BCUT2D eigenvalue weighted by molar-refractivity contribution is -0.432. The van der Waals surface area contributed by atoms with Crippen molar-refractivity contribution < 1.29 is 28.0 Å². The van der Waals surface area contributed by atoms with Crippen molar-refractivity contribution in [3.63, 3.8) is 0 Å². The Morgan fingerprint density at radius 1 is 1.53 bits per heavy atom. The quantitative estimate of drug-likeness (QED) is 0.575. The number of halogens is 1. The number of rotatable bonds is 1. The maximum atomic E-state index is 9.92. The smallest absolute Gasteiger partial charge is 0.133 e. The van der Waals surface area contributed by atoms with E-state index in [0.717, 1.165) is 22.0 Å². The first kappa shape index (κ1) is 12.6. The van der Waals surface area contributed by atoms with Crippen LogP contribution in [0, 0.1) is 0 Å². The molecule has 0 spiro atoms. The van der Waals surface area contributed by atoms with E-state index in [1.807, 2.05) is 18.2 Å². The van der Waals surface area contributed by atoms with Crippen LogP contribution in [0.25, 0.3) is 0 Å². The van der Waals surface area contributed by atoms with Crippen LogP contribution >= 0.6 is 11.8 Å². The molecule has 2 rings (SSSR count). The Kier molecular flexibility index (Phi) is 4.28. The molecule has 1 aromatic rings. The van der Waals surface area contributed by atoms with E-state index in [-0.39, 0.29) is 18.4 Å². The summed E-state index contributed by atoms with van der Waals surface area (Å²) >= 11 is 1.74. The second kappa shape index (κ2) is 5.07. The Labute approximate surface area is 99.4 Å². The lowest BCUT2D eigenvalue weighted by Crippen LogP contribution is -3.00. The van der Waals surface area contributed by atoms with Gasteiger partial charge < -0.3 is 28.0 Å². The van der Waals surface area contributed by atoms with Crippen molar-refractivity contribution in [2.24, 2.45) is 0 Å². The summed E-state index contributed by atoms with van der Waals surface area (Å²) in [5, 5.41) is 9.92. The molecule has 0 unspecified atom stereocenters. The van der Waals surface area contributed by atoms with Gasteiger partial charge in [-0.05, 0) is 18.2 Å². The second-order valence-electron chi connectivity index (χ2n) is 3.42. The van der Waals surface area contributed by atoms with Gasteiger partial charge in [-0.15, -0.1) is 11.8 Å². The summed E-state index contributed by atoms with van der Waals surface area (Å²) in [6.07, 6.45) is -0.457. The van der Waals surface area contributed by atoms with Crippen molar-refractivity contribution in [1.82, 2.24) is 0 Å². The summed E-state index contributed by atoms with van der Waals surface area (Å²) in [5.74, 6) is 1.66. The summed E-state index contributed by atoms with van der Waals surface area (Å²) in [5.41, 5.74) is 4.87. The molecule has 0 bridgehead atoms. The lowest BCUT2D eigenvalue weighted by Gasteiger charge is -2.24. The molecule has 3 nitrogen and oxygen atoms in total. The number of thioether (sulfide) groups is 1. The van der Waals surface area contributed by atoms with Gasteiger partial charge in [-0.1, -0.05) is 0 Å². The second-order valence-corrected chi connectivity index (χ2v) is 4.48. The van der Waals surface area contributed by atoms with Crippen LogP contribution in [0.4, 0.5) is 0 Å². The van der Waals surface area contributed by atoms with Gasteiger partial charge in [0.2, 0.25) is 0 Å². The Bertz CT molecular complexity index is 348. The van der Waals surface area contributed by atoms with Crippen molar-refractivity contribution >= 4 is 11.8 Å². The molecule has 5 heteroatoms. The summed E-state index contributed by atoms with van der Waals surface area (Å²) in [4.78, 5) is 1.14. The molecule has 0 saturated heterocycles. The molecule has 4 N–H and O–H groups in total. The van der Waals surface area contributed by atoms with Gasteiger partial charge in [0.25, 0.3) is 0 Å². The molecule has 0 fully saturated rings. The third kappa shape index (κ3) is 2.39. The molecule has 84 valence electrons. The summed E-state index contributed by atoms with van der Waals surface area (Å²) in [7, 11) is 1.63. The van der Waals surface area contributed by atoms with E-state index in [1.165, 1.54) is 0 Å². The average molecular weight is 248 g/mol. The highest BCUT2D eigenvalue weighted by atomic mass is 35.5. The van der Waals surface area contributed by atoms with Crippen molar-refractivity contribution in [3.05, 3.63) is 23.8 Å². The number of hydrogen-bond acceptors (Lipinski definition) is 3. The zero-order chi connectivity index (χ0) is 10.1. The van der Waals surface area contributed by atoms with Gasteiger partial charge in [-0.25, -0.2) is 0 Å². The Morgan fingerprint density at radius 2 is 2.27 bits per heavy atom. The number of methoxy groups -OCH3 is 1. The topological polar surface area (TPSA) is 57.1 Å². The molecular weight excluding hydrogens is 234 g/mol. The van der Waals surface area contributed by atoms with Gasteiger partial charge in [-0.3, -0.25) is 0 Å². The lowest BCUT2D eigenvalue weighted by atomic mass is 10.0. The van der Waals surface area contributed by atoms with E-state index in [2.05, 4.69) is 5.73 Å². The molecule has 1 aromatic carbocycles. The third-order valence-electron chi connectivity index (χ3n) is 2.44. The highest BCUT2D eigenvalue weighted by Crippen LogP contribution is 2.36. The third-order valence-corrected chi connectivity index (χ3v) is 3.71. The first-order valence-corrected chi connectivity index (χ1v) is 5.53. The number of ether oxygens (including phenoxy) is 1. The van der Waals surface area contributed by atoms with Crippen LogP contribution < -0.4 is 22.9 Å². The molecule has 15 heavy (non-hydrogen) atoms. The fourth-order valence-corrected chi connectivity index (χ4v) is 2.64. The van der Waals surface area contributed by atoms with Crippen LogP contribution in [-0.2, 0) is 0 Å². The molecule has 1 aliphatic heterocycles. The number of aliphatic hydroxyl groups excluding tert-OH is 1. The van der Waals surface area contributed by atoms with E-state index < -0.39 is 6.10 Å². The molecule has 2 atom stereocenters. The average Bonchev–Trinajstić information content (AvgIpc) is 2.23. The molecule has 1 heterocycles. The Hall–Kier alpha value is -0.420. The minimum Gasteiger partial charge on any atom is -1.00 e. The van der Waals surface area contributed by atoms with Gasteiger partial charge in [0.15, 0.2) is 0 Å². The first-order chi connectivity index (χ1) is 6.72. The fourth-order valence-electron chi connectivity index (χ4n) is 1.56. The van der Waals surface area contributed by atoms with Crippen molar-refractivity contribution in [2.45, 2.75) is 17.0 Å². The van der Waals surface area contributed by atoms with E-state index in [0.29, 0.717) is 0 Å². The van der Waals surface area contributed by atoms with Crippen LogP contribution in [-0.4, -0.2) is 24.0 Å². The monoisotopic (exact) mass is 247 g/mol. The standard InChI is InChI=1S/C10H13NO2S.ClH/c1-13-6-2-3-9-7(4-6)10(12)8(11)5-14-9;/h2-4,8,10,12H,5,11H2,1H3;1H/t8-,10-;/m0./s1. The van der Waals surface area contributed by atoms with Crippen molar-refractivity contribution in [2.75, 3.05) is 12.9 Å². The maximum Gasteiger partial charge on any atom is 0.133 e. The van der Waals surface area contributed by atoms with E-state index in [1.54, 1.807) is 18.9 Å². The van der Waals surface area contributed by atoms with E-state index in [9.17, 15) is 5.11 Å². The number of aliphatic hydroxyl groups is 1. The van der Waals surface area contributed by atoms with Crippen LogP contribution in [0.3, 0.4) is 0 Å².